The van der Waals surface area contributed by atoms with Gasteiger partial charge in [0.1, 0.15) is 0 Å². The van der Waals surface area contributed by atoms with E-state index in [1.807, 2.05) is 0 Å². The smallest absolute Gasteiger partial charge is 0.0269 e. The van der Waals surface area contributed by atoms with Gasteiger partial charge in [-0.1, -0.05) is 69.8 Å². The average Bonchev–Trinajstić information content (AvgIpc) is 2.44. The van der Waals surface area contributed by atoms with Gasteiger partial charge in [0.15, 0.2) is 0 Å². The van der Waals surface area contributed by atoms with Gasteiger partial charge in [-0.3, -0.25) is 0 Å². The highest BCUT2D eigenvalue weighted by atomic mass is 14.1. The minimum absolute atomic E-state index is 0.767. The number of allylic oxidation sites excluding steroid dienone is 4. The first kappa shape index (κ1) is 21.0. The molecule has 0 heterocycles. The van der Waals surface area contributed by atoms with Gasteiger partial charge in [0, 0.05) is 6.42 Å². The Morgan fingerprint density at radius 1 is 0.909 bits per heavy atom. The summed E-state index contributed by atoms with van der Waals surface area (Å²) in [6.45, 7) is 11.5. The van der Waals surface area contributed by atoms with E-state index in [0.717, 1.165) is 31.1 Å². The molecule has 0 radical (unpaired) electrons. The molecule has 0 heteroatoms. The molecular formula is C22H38. The second-order valence-electron chi connectivity index (χ2n) is 7.37. The highest BCUT2D eigenvalue weighted by Crippen LogP contribution is 2.19. The van der Waals surface area contributed by atoms with E-state index in [2.05, 4.69) is 52.7 Å². The van der Waals surface area contributed by atoms with Crippen molar-refractivity contribution in [3.05, 3.63) is 23.3 Å². The molecule has 0 aromatic carbocycles. The monoisotopic (exact) mass is 302 g/mol. The Bertz CT molecular complexity index is 362. The van der Waals surface area contributed by atoms with E-state index in [-0.39, 0.29) is 0 Å². The lowest BCUT2D eigenvalue weighted by Crippen LogP contribution is -1.97. The predicted molar refractivity (Wildman–Crippen MR) is 102 cm³/mol. The SMILES string of the molecule is C#CCC=C(C)CCC=C(C)CCCC(C)CCCC(C)C. The topological polar surface area (TPSA) is 0 Å². The third-order valence-corrected chi connectivity index (χ3v) is 4.35. The van der Waals surface area contributed by atoms with Crippen LogP contribution in [0.2, 0.25) is 0 Å². The molecule has 0 aromatic heterocycles. The summed E-state index contributed by atoms with van der Waals surface area (Å²) in [5, 5.41) is 0. The van der Waals surface area contributed by atoms with E-state index >= 15 is 0 Å². The van der Waals surface area contributed by atoms with E-state index < -0.39 is 0 Å². The molecule has 0 amide bonds. The van der Waals surface area contributed by atoms with Crippen molar-refractivity contribution in [2.45, 2.75) is 92.4 Å². The lowest BCUT2D eigenvalue weighted by molar-refractivity contribution is 0.427. The molecule has 1 unspecified atom stereocenters. The van der Waals surface area contributed by atoms with Crippen LogP contribution in [0.3, 0.4) is 0 Å². The van der Waals surface area contributed by atoms with E-state index in [1.165, 1.54) is 44.1 Å². The van der Waals surface area contributed by atoms with Crippen LogP contribution in [-0.2, 0) is 0 Å². The number of hydrogen-bond acceptors (Lipinski definition) is 0. The summed E-state index contributed by atoms with van der Waals surface area (Å²) in [7, 11) is 0. The van der Waals surface area contributed by atoms with Crippen LogP contribution in [0.25, 0.3) is 0 Å². The van der Waals surface area contributed by atoms with Gasteiger partial charge in [0.05, 0.1) is 0 Å². The van der Waals surface area contributed by atoms with Crippen molar-refractivity contribution in [1.29, 1.82) is 0 Å². The van der Waals surface area contributed by atoms with Gasteiger partial charge >= 0.3 is 0 Å². The molecule has 0 aliphatic carbocycles. The third kappa shape index (κ3) is 14.0. The van der Waals surface area contributed by atoms with Crippen LogP contribution in [-0.4, -0.2) is 0 Å². The maximum atomic E-state index is 5.27. The Labute approximate surface area is 140 Å². The lowest BCUT2D eigenvalue weighted by Gasteiger charge is -2.12. The molecule has 0 N–H and O–H groups in total. The van der Waals surface area contributed by atoms with Gasteiger partial charge in [-0.05, 0) is 51.4 Å². The molecule has 22 heavy (non-hydrogen) atoms. The van der Waals surface area contributed by atoms with Crippen LogP contribution < -0.4 is 0 Å². The van der Waals surface area contributed by atoms with Gasteiger partial charge in [-0.25, -0.2) is 0 Å². The van der Waals surface area contributed by atoms with Crippen molar-refractivity contribution in [3.8, 4) is 12.3 Å². The first-order valence-electron chi connectivity index (χ1n) is 9.20. The molecule has 0 fully saturated rings. The number of terminal acetylenes is 1. The maximum Gasteiger partial charge on any atom is 0.0269 e. The number of rotatable bonds is 12. The van der Waals surface area contributed by atoms with Gasteiger partial charge in [-0.15, -0.1) is 12.3 Å². The largest absolute Gasteiger partial charge is 0.120 e. The summed E-state index contributed by atoms with van der Waals surface area (Å²) in [4.78, 5) is 0. The summed E-state index contributed by atoms with van der Waals surface area (Å²) < 4.78 is 0. The predicted octanol–water partition coefficient (Wildman–Crippen LogP) is 7.32. The fraction of sp³-hybridized carbons (Fsp3) is 0.727. The van der Waals surface area contributed by atoms with Gasteiger partial charge in [0.25, 0.3) is 0 Å². The lowest BCUT2D eigenvalue weighted by atomic mass is 9.94. The second kappa shape index (κ2) is 13.7. The van der Waals surface area contributed by atoms with Gasteiger partial charge in [0.2, 0.25) is 0 Å². The normalized spacial score (nSPS) is 14.2. The molecule has 0 saturated carbocycles. The zero-order valence-electron chi connectivity index (χ0n) is 15.8. The Balaban J connectivity index is 3.73. The van der Waals surface area contributed by atoms with Gasteiger partial charge < -0.3 is 0 Å². The van der Waals surface area contributed by atoms with E-state index in [9.17, 15) is 0 Å². The standard InChI is InChI=1S/C22H38/c1-7-8-13-20(4)15-10-17-22(6)18-11-16-21(5)14-9-12-19(2)3/h1,13,17,19,21H,8-12,14-16,18H2,2-6H3. The van der Waals surface area contributed by atoms with Crippen LogP contribution >= 0.6 is 0 Å². The summed E-state index contributed by atoms with van der Waals surface area (Å²) >= 11 is 0. The molecule has 0 aliphatic rings. The van der Waals surface area contributed by atoms with Crippen molar-refractivity contribution in [1.82, 2.24) is 0 Å². The van der Waals surface area contributed by atoms with Crippen molar-refractivity contribution >= 4 is 0 Å². The van der Waals surface area contributed by atoms with Crippen LogP contribution in [0, 0.1) is 24.2 Å². The molecule has 0 bridgehead atoms. The molecule has 126 valence electrons. The molecule has 0 aliphatic heterocycles. The molecule has 0 nitrogen and oxygen atoms in total. The average molecular weight is 303 g/mol. The second-order valence-corrected chi connectivity index (χ2v) is 7.37. The molecule has 0 rings (SSSR count). The molecule has 0 saturated heterocycles. The Morgan fingerprint density at radius 3 is 2.18 bits per heavy atom. The fourth-order valence-electron chi connectivity index (χ4n) is 2.73. The van der Waals surface area contributed by atoms with E-state index in [4.69, 9.17) is 6.42 Å². The summed E-state index contributed by atoms with van der Waals surface area (Å²) in [5.74, 6) is 4.41. The summed E-state index contributed by atoms with van der Waals surface area (Å²) in [6.07, 6.45) is 21.1. The first-order valence-corrected chi connectivity index (χ1v) is 9.20. The van der Waals surface area contributed by atoms with Crippen LogP contribution in [0.5, 0.6) is 0 Å². The highest BCUT2D eigenvalue weighted by Gasteiger charge is 2.03. The van der Waals surface area contributed by atoms with E-state index in [1.54, 1.807) is 5.57 Å². The Kier molecular flexibility index (Phi) is 13.1. The summed E-state index contributed by atoms with van der Waals surface area (Å²) in [6, 6.07) is 0. The van der Waals surface area contributed by atoms with Crippen molar-refractivity contribution in [2.24, 2.45) is 11.8 Å². The minimum atomic E-state index is 0.767. The first-order chi connectivity index (χ1) is 10.5. The molecule has 0 aromatic rings. The zero-order chi connectivity index (χ0) is 16.8. The zero-order valence-corrected chi connectivity index (χ0v) is 15.8. The Hall–Kier alpha value is -0.960. The summed E-state index contributed by atoms with van der Waals surface area (Å²) in [5.41, 5.74) is 2.97. The maximum absolute atomic E-state index is 5.27. The van der Waals surface area contributed by atoms with E-state index in [0.29, 0.717) is 0 Å². The van der Waals surface area contributed by atoms with Crippen LogP contribution in [0.1, 0.15) is 92.4 Å². The fourth-order valence-corrected chi connectivity index (χ4v) is 2.73. The molecule has 0 spiro atoms. The van der Waals surface area contributed by atoms with Crippen molar-refractivity contribution < 1.29 is 0 Å². The van der Waals surface area contributed by atoms with Crippen molar-refractivity contribution in [3.63, 3.8) is 0 Å². The van der Waals surface area contributed by atoms with Crippen LogP contribution in [0.15, 0.2) is 23.3 Å². The Morgan fingerprint density at radius 2 is 1.55 bits per heavy atom. The third-order valence-electron chi connectivity index (χ3n) is 4.35. The highest BCUT2D eigenvalue weighted by molar-refractivity contribution is 5.07. The van der Waals surface area contributed by atoms with Gasteiger partial charge in [-0.2, -0.15) is 0 Å². The minimum Gasteiger partial charge on any atom is -0.120 e. The molecule has 1 atom stereocenters. The quantitative estimate of drug-likeness (QED) is 0.262. The number of hydrogen-bond donors (Lipinski definition) is 0. The van der Waals surface area contributed by atoms with Crippen LogP contribution in [0.4, 0.5) is 0 Å². The van der Waals surface area contributed by atoms with Crippen molar-refractivity contribution in [2.75, 3.05) is 0 Å². The molecular weight excluding hydrogens is 264 g/mol.